The predicted octanol–water partition coefficient (Wildman–Crippen LogP) is 0.367. The summed E-state index contributed by atoms with van der Waals surface area (Å²) in [6.45, 7) is 0.569. The van der Waals surface area contributed by atoms with E-state index in [0.29, 0.717) is 13.0 Å². The van der Waals surface area contributed by atoms with Crippen molar-refractivity contribution in [1.82, 2.24) is 9.03 Å². The molecule has 0 bridgehead atoms. The summed E-state index contributed by atoms with van der Waals surface area (Å²) in [6, 6.07) is 12.8. The van der Waals surface area contributed by atoms with Crippen LogP contribution in [0.1, 0.15) is 21.5 Å². The Kier molecular flexibility index (Phi) is 4.84. The molecule has 2 aromatic carbocycles. The van der Waals surface area contributed by atoms with Gasteiger partial charge in [0.25, 0.3) is 16.1 Å². The quantitative estimate of drug-likeness (QED) is 0.773. The molecule has 10 heteroatoms. The van der Waals surface area contributed by atoms with Gasteiger partial charge >= 0.3 is 0 Å². The lowest BCUT2D eigenvalue weighted by molar-refractivity contribution is 0.0981. The molecule has 0 atom stereocenters. The van der Waals surface area contributed by atoms with Crippen LogP contribution in [0.25, 0.3) is 0 Å². The van der Waals surface area contributed by atoms with Gasteiger partial charge in [-0.1, -0.05) is 30.3 Å². The van der Waals surface area contributed by atoms with Gasteiger partial charge in [0.2, 0.25) is 10.0 Å². The Morgan fingerprint density at radius 1 is 1.00 bits per heavy atom. The SMILES string of the molecule is NS(=O)(=O)NC(=O)c1cccc(S(=O)(=O)N2CCc3ccccc3C2)c1. The molecule has 26 heavy (non-hydrogen) atoms. The monoisotopic (exact) mass is 395 g/mol. The summed E-state index contributed by atoms with van der Waals surface area (Å²) < 4.78 is 50.7. The van der Waals surface area contributed by atoms with Crippen LogP contribution in [0, 0.1) is 0 Å². The van der Waals surface area contributed by atoms with Gasteiger partial charge in [0.05, 0.1) is 4.90 Å². The molecule has 2 aromatic rings. The number of hydrogen-bond acceptors (Lipinski definition) is 5. The number of carbonyl (C=O) groups excluding carboxylic acids is 1. The maximum Gasteiger partial charge on any atom is 0.298 e. The molecule has 0 unspecified atom stereocenters. The summed E-state index contributed by atoms with van der Waals surface area (Å²) in [7, 11) is -8.06. The summed E-state index contributed by atoms with van der Waals surface area (Å²) in [5.41, 5.74) is 1.93. The molecule has 1 aliphatic rings. The Labute approximate surface area is 151 Å². The van der Waals surface area contributed by atoms with Crippen LogP contribution in [0.2, 0.25) is 0 Å². The van der Waals surface area contributed by atoms with Crippen molar-refractivity contribution in [2.24, 2.45) is 5.14 Å². The minimum absolute atomic E-state index is 0.0843. The Hall–Kier alpha value is -2.27. The predicted molar refractivity (Wildman–Crippen MR) is 94.8 cm³/mol. The third-order valence-electron chi connectivity index (χ3n) is 4.06. The van der Waals surface area contributed by atoms with E-state index < -0.39 is 26.1 Å². The van der Waals surface area contributed by atoms with Crippen LogP contribution in [0.4, 0.5) is 0 Å². The van der Waals surface area contributed by atoms with E-state index in [4.69, 9.17) is 5.14 Å². The van der Waals surface area contributed by atoms with E-state index in [1.54, 1.807) is 4.72 Å². The summed E-state index contributed by atoms with van der Waals surface area (Å²) in [4.78, 5) is 11.8. The molecule has 0 fully saturated rings. The summed E-state index contributed by atoms with van der Waals surface area (Å²) in [5, 5.41) is 4.77. The topological polar surface area (TPSA) is 127 Å². The molecule has 0 radical (unpaired) electrons. The fraction of sp³-hybridized carbons (Fsp3) is 0.188. The number of sulfonamides is 1. The second-order valence-corrected chi connectivity index (χ2v) is 9.09. The highest BCUT2D eigenvalue weighted by Crippen LogP contribution is 2.25. The zero-order valence-corrected chi connectivity index (χ0v) is 15.3. The number of amides is 1. The fourth-order valence-corrected chi connectivity index (χ4v) is 4.65. The van der Waals surface area contributed by atoms with Crippen molar-refractivity contribution in [3.05, 3.63) is 65.2 Å². The average Bonchev–Trinajstić information content (AvgIpc) is 2.60. The van der Waals surface area contributed by atoms with Gasteiger partial charge in [-0.3, -0.25) is 4.79 Å². The lowest BCUT2D eigenvalue weighted by Crippen LogP contribution is -2.37. The van der Waals surface area contributed by atoms with Gasteiger partial charge < -0.3 is 0 Å². The highest BCUT2D eigenvalue weighted by atomic mass is 32.2. The van der Waals surface area contributed by atoms with Crippen molar-refractivity contribution in [3.8, 4) is 0 Å². The average molecular weight is 395 g/mol. The first-order valence-corrected chi connectivity index (χ1v) is 10.7. The zero-order chi connectivity index (χ0) is 18.9. The van der Waals surface area contributed by atoms with Crippen LogP contribution >= 0.6 is 0 Å². The van der Waals surface area contributed by atoms with Crippen LogP contribution in [0.3, 0.4) is 0 Å². The third kappa shape index (κ3) is 3.93. The Balaban J connectivity index is 1.89. The van der Waals surface area contributed by atoms with Gasteiger partial charge in [-0.05, 0) is 35.7 Å². The molecule has 0 saturated carbocycles. The van der Waals surface area contributed by atoms with Crippen LogP contribution in [0.15, 0.2) is 53.4 Å². The smallest absolute Gasteiger partial charge is 0.268 e. The molecule has 1 amide bonds. The van der Waals surface area contributed by atoms with E-state index in [2.05, 4.69) is 0 Å². The van der Waals surface area contributed by atoms with Gasteiger partial charge in [-0.2, -0.15) is 12.7 Å². The van der Waals surface area contributed by atoms with Crippen molar-refractivity contribution in [2.45, 2.75) is 17.9 Å². The van der Waals surface area contributed by atoms with E-state index in [-0.39, 0.29) is 17.0 Å². The number of benzene rings is 2. The second kappa shape index (κ2) is 6.80. The lowest BCUT2D eigenvalue weighted by Gasteiger charge is -2.28. The van der Waals surface area contributed by atoms with E-state index in [9.17, 15) is 21.6 Å². The molecular formula is C16H17N3O5S2. The van der Waals surface area contributed by atoms with E-state index in [0.717, 1.165) is 17.2 Å². The Bertz CT molecular complexity index is 1060. The molecular weight excluding hydrogens is 378 g/mol. The Morgan fingerprint density at radius 2 is 1.69 bits per heavy atom. The molecule has 1 aliphatic heterocycles. The molecule has 0 spiro atoms. The van der Waals surface area contributed by atoms with Crippen LogP contribution in [-0.2, 0) is 33.2 Å². The molecule has 8 nitrogen and oxygen atoms in total. The van der Waals surface area contributed by atoms with Crippen LogP contribution in [-0.4, -0.2) is 33.6 Å². The molecule has 1 heterocycles. The lowest BCUT2D eigenvalue weighted by atomic mass is 10.0. The first-order valence-electron chi connectivity index (χ1n) is 7.69. The number of rotatable bonds is 4. The van der Waals surface area contributed by atoms with E-state index in [1.807, 2.05) is 24.3 Å². The number of nitrogens with zero attached hydrogens (tertiary/aromatic N) is 1. The van der Waals surface area contributed by atoms with Crippen molar-refractivity contribution < 1.29 is 21.6 Å². The van der Waals surface area contributed by atoms with Crippen molar-refractivity contribution in [2.75, 3.05) is 6.54 Å². The summed E-state index contributed by atoms with van der Waals surface area (Å²) in [6.07, 6.45) is 0.598. The summed E-state index contributed by atoms with van der Waals surface area (Å²) in [5.74, 6) is -0.992. The molecule has 3 N–H and O–H groups in total. The first kappa shape index (κ1) is 18.5. The highest BCUT2D eigenvalue weighted by Gasteiger charge is 2.28. The van der Waals surface area contributed by atoms with E-state index >= 15 is 0 Å². The number of carbonyl (C=O) groups is 1. The van der Waals surface area contributed by atoms with Crippen molar-refractivity contribution in [1.29, 1.82) is 0 Å². The fourth-order valence-electron chi connectivity index (χ4n) is 2.81. The van der Waals surface area contributed by atoms with Crippen molar-refractivity contribution in [3.63, 3.8) is 0 Å². The third-order valence-corrected chi connectivity index (χ3v) is 6.38. The second-order valence-electron chi connectivity index (χ2n) is 5.86. The summed E-state index contributed by atoms with van der Waals surface area (Å²) >= 11 is 0. The number of nitrogens with two attached hydrogens (primary N) is 1. The first-order chi connectivity index (χ1) is 12.2. The maximum atomic E-state index is 12.9. The molecule has 138 valence electrons. The normalized spacial score (nSPS) is 15.3. The van der Waals surface area contributed by atoms with Gasteiger partial charge in [0.15, 0.2) is 0 Å². The number of fused-ring (bicyclic) bond motifs is 1. The molecule has 3 rings (SSSR count). The zero-order valence-electron chi connectivity index (χ0n) is 13.6. The van der Waals surface area contributed by atoms with Gasteiger partial charge in [0.1, 0.15) is 0 Å². The van der Waals surface area contributed by atoms with Crippen LogP contribution < -0.4 is 9.86 Å². The minimum Gasteiger partial charge on any atom is -0.268 e. The van der Waals surface area contributed by atoms with Crippen molar-refractivity contribution >= 4 is 26.1 Å². The molecule has 0 saturated heterocycles. The van der Waals surface area contributed by atoms with Gasteiger partial charge in [-0.15, -0.1) is 0 Å². The molecule has 0 aliphatic carbocycles. The van der Waals surface area contributed by atoms with E-state index in [1.165, 1.54) is 22.5 Å². The standard InChI is InChI=1S/C16H17N3O5S2/c17-26(23,24)18-16(20)13-6-3-7-15(10-13)25(21,22)19-9-8-12-4-1-2-5-14(12)11-19/h1-7,10H,8-9,11H2,(H,18,20)(H2,17,23,24). The number of nitrogens with one attached hydrogen (secondary N) is 1. The minimum atomic E-state index is -4.23. The highest BCUT2D eigenvalue weighted by molar-refractivity contribution is 7.89. The largest absolute Gasteiger partial charge is 0.298 e. The molecule has 0 aromatic heterocycles. The Morgan fingerprint density at radius 3 is 2.38 bits per heavy atom. The van der Waals surface area contributed by atoms with Crippen LogP contribution in [0.5, 0.6) is 0 Å². The number of hydrogen-bond donors (Lipinski definition) is 2. The maximum absolute atomic E-state index is 12.9. The van der Waals surface area contributed by atoms with Gasteiger partial charge in [0, 0.05) is 18.7 Å². The van der Waals surface area contributed by atoms with Gasteiger partial charge in [-0.25, -0.2) is 18.3 Å².